The van der Waals surface area contributed by atoms with Crippen LogP contribution in [0.15, 0.2) is 29.2 Å². The summed E-state index contributed by atoms with van der Waals surface area (Å²) in [5.74, 6) is -2.29. The predicted molar refractivity (Wildman–Crippen MR) is 76.1 cm³/mol. The van der Waals surface area contributed by atoms with Gasteiger partial charge in [0.25, 0.3) is 0 Å². The number of hydrogen-bond donors (Lipinski definition) is 2. The second-order valence-corrected chi connectivity index (χ2v) is 6.46. The molecule has 0 fully saturated rings. The van der Waals surface area contributed by atoms with Crippen molar-refractivity contribution >= 4 is 21.9 Å². The van der Waals surface area contributed by atoms with Gasteiger partial charge in [0.05, 0.1) is 4.90 Å². The molecule has 1 unspecified atom stereocenters. The molecule has 0 bridgehead atoms. The first kappa shape index (κ1) is 18.1. The van der Waals surface area contributed by atoms with E-state index in [1.807, 2.05) is 0 Å². The maximum Gasteiger partial charge on any atom is 0.321 e. The van der Waals surface area contributed by atoms with Crippen molar-refractivity contribution in [1.29, 1.82) is 0 Å². The Bertz CT molecular complexity index is 645. The highest BCUT2D eigenvalue weighted by Crippen LogP contribution is 2.18. The molecule has 122 valence electrons. The number of aliphatic carboxylic acids is 1. The van der Waals surface area contributed by atoms with Gasteiger partial charge in [-0.3, -0.25) is 9.59 Å². The van der Waals surface area contributed by atoms with E-state index in [1.165, 1.54) is 13.8 Å². The van der Waals surface area contributed by atoms with Gasteiger partial charge in [-0.15, -0.1) is 0 Å². The number of nitrogens with zero attached hydrogens (tertiary/aromatic N) is 1. The molecule has 0 spiro atoms. The summed E-state index contributed by atoms with van der Waals surface area (Å²) in [6, 6.07) is 2.74. The third-order valence-electron chi connectivity index (χ3n) is 2.92. The molecule has 9 heteroatoms. The number of hydrogen-bond acceptors (Lipinski definition) is 4. The lowest BCUT2D eigenvalue weighted by molar-refractivity contribution is -0.140. The van der Waals surface area contributed by atoms with Crippen molar-refractivity contribution < 1.29 is 27.5 Å². The van der Waals surface area contributed by atoms with Gasteiger partial charge in [0.15, 0.2) is 0 Å². The van der Waals surface area contributed by atoms with Crippen LogP contribution >= 0.6 is 0 Å². The monoisotopic (exact) mass is 332 g/mol. The van der Waals surface area contributed by atoms with Gasteiger partial charge in [-0.2, -0.15) is 4.31 Å². The SMILES string of the molecule is CC(=O)NCCN(C(C)C(=O)O)S(=O)(=O)c1ccc(F)cc1. The van der Waals surface area contributed by atoms with Crippen LogP contribution in [0.25, 0.3) is 0 Å². The molecule has 2 N–H and O–H groups in total. The average Bonchev–Trinajstić information content (AvgIpc) is 2.42. The third-order valence-corrected chi connectivity index (χ3v) is 4.90. The van der Waals surface area contributed by atoms with Gasteiger partial charge in [0.2, 0.25) is 15.9 Å². The van der Waals surface area contributed by atoms with E-state index in [9.17, 15) is 22.4 Å². The standard InChI is InChI=1S/C13H17FN2O5S/c1-9(13(18)19)16(8-7-15-10(2)17)22(20,21)12-5-3-11(14)4-6-12/h3-6,9H,7-8H2,1-2H3,(H,15,17)(H,18,19). The molecule has 0 saturated heterocycles. The fraction of sp³-hybridized carbons (Fsp3) is 0.385. The predicted octanol–water partition coefficient (Wildman–Crippen LogP) is 0.426. The molecule has 0 heterocycles. The van der Waals surface area contributed by atoms with Gasteiger partial charge in [-0.25, -0.2) is 12.8 Å². The van der Waals surface area contributed by atoms with Crippen LogP contribution in [0.3, 0.4) is 0 Å². The summed E-state index contributed by atoms with van der Waals surface area (Å²) in [4.78, 5) is 21.7. The number of sulfonamides is 1. The summed E-state index contributed by atoms with van der Waals surface area (Å²) in [5, 5.41) is 11.5. The van der Waals surface area contributed by atoms with E-state index in [4.69, 9.17) is 5.11 Å². The van der Waals surface area contributed by atoms with Crippen LogP contribution in [0.5, 0.6) is 0 Å². The van der Waals surface area contributed by atoms with Crippen molar-refractivity contribution in [3.8, 4) is 0 Å². The Kier molecular flexibility index (Phi) is 6.01. The Morgan fingerprint density at radius 3 is 2.32 bits per heavy atom. The third kappa shape index (κ3) is 4.50. The lowest BCUT2D eigenvalue weighted by atomic mass is 10.3. The zero-order valence-corrected chi connectivity index (χ0v) is 12.9. The van der Waals surface area contributed by atoms with E-state index in [0.29, 0.717) is 0 Å². The number of amides is 1. The molecule has 0 aromatic heterocycles. The molecule has 22 heavy (non-hydrogen) atoms. The van der Waals surface area contributed by atoms with Crippen LogP contribution in [0.1, 0.15) is 13.8 Å². The van der Waals surface area contributed by atoms with Crippen molar-refractivity contribution in [2.75, 3.05) is 13.1 Å². The van der Waals surface area contributed by atoms with Crippen molar-refractivity contribution in [2.24, 2.45) is 0 Å². The summed E-state index contributed by atoms with van der Waals surface area (Å²) in [6.45, 7) is 2.23. The van der Waals surface area contributed by atoms with E-state index in [-0.39, 0.29) is 23.9 Å². The molecule has 7 nitrogen and oxygen atoms in total. The van der Waals surface area contributed by atoms with Crippen molar-refractivity contribution in [1.82, 2.24) is 9.62 Å². The van der Waals surface area contributed by atoms with Gasteiger partial charge >= 0.3 is 5.97 Å². The van der Waals surface area contributed by atoms with Crippen LogP contribution in [-0.4, -0.2) is 48.8 Å². The zero-order chi connectivity index (χ0) is 16.9. The molecule has 1 aromatic rings. The molecule has 0 radical (unpaired) electrons. The molecule has 1 amide bonds. The number of carbonyl (C=O) groups excluding carboxylic acids is 1. The lowest BCUT2D eigenvalue weighted by Crippen LogP contribution is -2.46. The summed E-state index contributed by atoms with van der Waals surface area (Å²) >= 11 is 0. The van der Waals surface area contributed by atoms with Gasteiger partial charge in [-0.05, 0) is 31.2 Å². The number of carboxylic acids is 1. The van der Waals surface area contributed by atoms with E-state index in [1.54, 1.807) is 0 Å². The Morgan fingerprint density at radius 1 is 1.32 bits per heavy atom. The van der Waals surface area contributed by atoms with E-state index >= 15 is 0 Å². The topological polar surface area (TPSA) is 104 Å². The second kappa shape index (κ2) is 7.32. The van der Waals surface area contributed by atoms with E-state index < -0.39 is 27.9 Å². The summed E-state index contributed by atoms with van der Waals surface area (Å²) in [6.07, 6.45) is 0. The van der Waals surface area contributed by atoms with Gasteiger partial charge in [0, 0.05) is 20.0 Å². The molecule has 1 aromatic carbocycles. The molecule has 0 aliphatic carbocycles. The van der Waals surface area contributed by atoms with Crippen molar-refractivity contribution in [2.45, 2.75) is 24.8 Å². The van der Waals surface area contributed by atoms with Crippen molar-refractivity contribution in [3.63, 3.8) is 0 Å². The van der Waals surface area contributed by atoms with Crippen LogP contribution in [0.2, 0.25) is 0 Å². The minimum Gasteiger partial charge on any atom is -0.480 e. The molecule has 0 aliphatic rings. The molecule has 1 atom stereocenters. The van der Waals surface area contributed by atoms with Crippen LogP contribution in [0.4, 0.5) is 4.39 Å². The number of rotatable bonds is 7. The van der Waals surface area contributed by atoms with Crippen LogP contribution < -0.4 is 5.32 Å². The second-order valence-electron chi connectivity index (χ2n) is 4.57. The molecule has 0 saturated carbocycles. The molecule has 1 rings (SSSR count). The maximum atomic E-state index is 12.9. The Labute approximate surface area is 127 Å². The summed E-state index contributed by atoms with van der Waals surface area (Å²) in [7, 11) is -4.13. The zero-order valence-electron chi connectivity index (χ0n) is 12.1. The lowest BCUT2D eigenvalue weighted by Gasteiger charge is -2.25. The number of carboxylic acid groups (broad SMARTS) is 1. The first-order valence-electron chi connectivity index (χ1n) is 6.41. The highest BCUT2D eigenvalue weighted by atomic mass is 32.2. The fourth-order valence-corrected chi connectivity index (χ4v) is 3.32. The summed E-state index contributed by atoms with van der Waals surface area (Å²) < 4.78 is 38.6. The fourth-order valence-electron chi connectivity index (χ4n) is 1.73. The largest absolute Gasteiger partial charge is 0.480 e. The van der Waals surface area contributed by atoms with E-state index in [0.717, 1.165) is 28.6 Å². The Morgan fingerprint density at radius 2 is 1.86 bits per heavy atom. The first-order valence-corrected chi connectivity index (χ1v) is 7.85. The van der Waals surface area contributed by atoms with Crippen LogP contribution in [-0.2, 0) is 19.6 Å². The highest BCUT2D eigenvalue weighted by molar-refractivity contribution is 7.89. The first-order chi connectivity index (χ1) is 10.2. The van der Waals surface area contributed by atoms with Crippen molar-refractivity contribution in [3.05, 3.63) is 30.1 Å². The smallest absolute Gasteiger partial charge is 0.321 e. The quantitative estimate of drug-likeness (QED) is 0.753. The normalized spacial score (nSPS) is 12.9. The average molecular weight is 332 g/mol. The summed E-state index contributed by atoms with van der Waals surface area (Å²) in [5.41, 5.74) is 0. The molecule has 0 aliphatic heterocycles. The van der Waals surface area contributed by atoms with Gasteiger partial charge in [0.1, 0.15) is 11.9 Å². The highest BCUT2D eigenvalue weighted by Gasteiger charge is 2.32. The number of nitrogens with one attached hydrogen (secondary N) is 1. The Hall–Kier alpha value is -2.00. The molecular weight excluding hydrogens is 315 g/mol. The van der Waals surface area contributed by atoms with Gasteiger partial charge < -0.3 is 10.4 Å². The molecular formula is C13H17FN2O5S. The number of benzene rings is 1. The minimum absolute atomic E-state index is 0.0343. The maximum absolute atomic E-state index is 12.9. The minimum atomic E-state index is -4.13. The van der Waals surface area contributed by atoms with Crippen LogP contribution in [0, 0.1) is 5.82 Å². The number of halogens is 1. The van der Waals surface area contributed by atoms with Gasteiger partial charge in [-0.1, -0.05) is 0 Å². The van der Waals surface area contributed by atoms with E-state index in [2.05, 4.69) is 5.32 Å². The number of carbonyl (C=O) groups is 2. The Balaban J connectivity index is 3.09.